The van der Waals surface area contributed by atoms with E-state index in [2.05, 4.69) is 36.6 Å². The maximum Gasteiger partial charge on any atom is 0.243 e. The summed E-state index contributed by atoms with van der Waals surface area (Å²) in [4.78, 5) is 0.239. The van der Waals surface area contributed by atoms with Gasteiger partial charge in [0.05, 0.1) is 18.1 Å². The van der Waals surface area contributed by atoms with Gasteiger partial charge in [0.1, 0.15) is 0 Å². The smallest absolute Gasteiger partial charge is 0.243 e. The Kier molecular flexibility index (Phi) is 6.66. The monoisotopic (exact) mass is 419 g/mol. The molecule has 8 heteroatoms. The number of morpholine rings is 1. The van der Waals surface area contributed by atoms with E-state index in [0.717, 1.165) is 5.69 Å². The molecule has 0 amide bonds. The van der Waals surface area contributed by atoms with Crippen LogP contribution >= 0.6 is 12.2 Å². The molecule has 28 heavy (non-hydrogen) atoms. The fourth-order valence-corrected chi connectivity index (χ4v) is 4.61. The number of benzene rings is 2. The minimum Gasteiger partial charge on any atom is -0.379 e. The van der Waals surface area contributed by atoms with Crippen molar-refractivity contribution in [3.63, 3.8) is 0 Å². The first kappa shape index (κ1) is 20.7. The first-order chi connectivity index (χ1) is 13.4. The van der Waals surface area contributed by atoms with Gasteiger partial charge in [-0.3, -0.25) is 0 Å². The molecule has 0 atom stereocenters. The van der Waals surface area contributed by atoms with Gasteiger partial charge >= 0.3 is 0 Å². The molecule has 2 aromatic rings. The van der Waals surface area contributed by atoms with Crippen molar-refractivity contribution in [1.29, 1.82) is 0 Å². The summed E-state index contributed by atoms with van der Waals surface area (Å²) in [6.07, 6.45) is 0. The molecule has 1 aliphatic rings. The third kappa shape index (κ3) is 5.08. The van der Waals surface area contributed by atoms with Gasteiger partial charge in [-0.1, -0.05) is 32.0 Å². The van der Waals surface area contributed by atoms with Gasteiger partial charge in [-0.05, 0) is 54.0 Å². The standard InChI is InChI=1S/C20H25N3O3S2/c1-15(2)16-6-8-17(9-7-16)21-20(27)22-18-4-3-5-19(14-18)28(24,25)23-10-12-26-13-11-23/h3-9,14-15H,10-13H2,1-2H3,(H2,21,22,27). The largest absolute Gasteiger partial charge is 0.379 e. The average molecular weight is 420 g/mol. The number of hydrogen-bond donors (Lipinski definition) is 2. The van der Waals surface area contributed by atoms with Gasteiger partial charge in [-0.25, -0.2) is 8.42 Å². The number of nitrogens with one attached hydrogen (secondary N) is 2. The van der Waals surface area contributed by atoms with E-state index in [1.54, 1.807) is 24.3 Å². The molecule has 0 unspecified atom stereocenters. The quantitative estimate of drug-likeness (QED) is 0.721. The van der Waals surface area contributed by atoms with E-state index in [-0.39, 0.29) is 4.90 Å². The van der Waals surface area contributed by atoms with Crippen molar-refractivity contribution in [2.24, 2.45) is 0 Å². The van der Waals surface area contributed by atoms with Crippen molar-refractivity contribution in [1.82, 2.24) is 4.31 Å². The van der Waals surface area contributed by atoms with Crippen molar-refractivity contribution >= 4 is 38.7 Å². The molecule has 0 aliphatic carbocycles. The normalized spacial score (nSPS) is 15.4. The predicted molar refractivity (Wildman–Crippen MR) is 116 cm³/mol. The van der Waals surface area contributed by atoms with E-state index in [1.165, 1.54) is 9.87 Å². The van der Waals surface area contributed by atoms with Gasteiger partial charge in [0.15, 0.2) is 5.11 Å². The Hall–Kier alpha value is -2.00. The van der Waals surface area contributed by atoms with Crippen molar-refractivity contribution in [3.05, 3.63) is 54.1 Å². The van der Waals surface area contributed by atoms with Gasteiger partial charge in [0, 0.05) is 24.5 Å². The van der Waals surface area contributed by atoms with Crippen LogP contribution < -0.4 is 10.6 Å². The number of hydrogen-bond acceptors (Lipinski definition) is 4. The summed E-state index contributed by atoms with van der Waals surface area (Å²) in [7, 11) is -3.54. The Morgan fingerprint density at radius 3 is 2.32 bits per heavy atom. The van der Waals surface area contributed by atoms with Gasteiger partial charge in [0.2, 0.25) is 10.0 Å². The van der Waals surface area contributed by atoms with Crippen molar-refractivity contribution < 1.29 is 13.2 Å². The van der Waals surface area contributed by atoms with E-state index in [0.29, 0.717) is 43.0 Å². The van der Waals surface area contributed by atoms with Crippen LogP contribution in [0.15, 0.2) is 53.4 Å². The molecule has 0 aromatic heterocycles. The van der Waals surface area contributed by atoms with Crippen LogP contribution in [0.25, 0.3) is 0 Å². The van der Waals surface area contributed by atoms with E-state index < -0.39 is 10.0 Å². The second-order valence-electron chi connectivity index (χ2n) is 6.90. The van der Waals surface area contributed by atoms with Crippen molar-refractivity contribution in [2.45, 2.75) is 24.7 Å². The topological polar surface area (TPSA) is 70.7 Å². The van der Waals surface area contributed by atoms with Crippen LogP contribution in [0, 0.1) is 0 Å². The Labute approximate surface area is 171 Å². The lowest BCUT2D eigenvalue weighted by molar-refractivity contribution is 0.0730. The number of sulfonamides is 1. The zero-order valence-electron chi connectivity index (χ0n) is 16.0. The second-order valence-corrected chi connectivity index (χ2v) is 9.25. The first-order valence-corrected chi connectivity index (χ1v) is 11.1. The van der Waals surface area contributed by atoms with Crippen LogP contribution in [0.3, 0.4) is 0 Å². The highest BCUT2D eigenvalue weighted by Gasteiger charge is 2.26. The van der Waals surface area contributed by atoms with Gasteiger partial charge < -0.3 is 15.4 Å². The van der Waals surface area contributed by atoms with Crippen LogP contribution in [0.5, 0.6) is 0 Å². The summed E-state index contributed by atoms with van der Waals surface area (Å²) < 4.78 is 32.3. The molecule has 0 saturated carbocycles. The number of ether oxygens (including phenoxy) is 1. The maximum absolute atomic E-state index is 12.8. The van der Waals surface area contributed by atoms with E-state index in [1.807, 2.05) is 12.1 Å². The zero-order valence-corrected chi connectivity index (χ0v) is 17.6. The molecule has 1 fully saturated rings. The molecule has 0 radical (unpaired) electrons. The van der Waals surface area contributed by atoms with Crippen LogP contribution in [0.2, 0.25) is 0 Å². The molecule has 0 bridgehead atoms. The minimum atomic E-state index is -3.54. The maximum atomic E-state index is 12.8. The molecule has 1 aliphatic heterocycles. The fraction of sp³-hybridized carbons (Fsp3) is 0.350. The lowest BCUT2D eigenvalue weighted by Gasteiger charge is -2.26. The fourth-order valence-electron chi connectivity index (χ4n) is 2.92. The SMILES string of the molecule is CC(C)c1ccc(NC(=S)Nc2cccc(S(=O)(=O)N3CCOCC3)c2)cc1. The molecule has 6 nitrogen and oxygen atoms in total. The van der Waals surface area contributed by atoms with E-state index >= 15 is 0 Å². The molecular formula is C20H25N3O3S2. The number of anilines is 2. The third-order valence-corrected chi connectivity index (χ3v) is 6.63. The summed E-state index contributed by atoms with van der Waals surface area (Å²) in [6.45, 7) is 5.86. The van der Waals surface area contributed by atoms with E-state index in [4.69, 9.17) is 17.0 Å². The molecule has 3 rings (SSSR count). The third-order valence-electron chi connectivity index (χ3n) is 4.53. The Morgan fingerprint density at radius 1 is 1.04 bits per heavy atom. The molecular weight excluding hydrogens is 394 g/mol. The lowest BCUT2D eigenvalue weighted by Crippen LogP contribution is -2.40. The van der Waals surface area contributed by atoms with Crippen LogP contribution in [0.4, 0.5) is 11.4 Å². The summed E-state index contributed by atoms with van der Waals surface area (Å²) in [5.41, 5.74) is 2.75. The molecule has 0 spiro atoms. The summed E-state index contributed by atoms with van der Waals surface area (Å²) in [6, 6.07) is 14.8. The number of nitrogens with zero attached hydrogens (tertiary/aromatic N) is 1. The van der Waals surface area contributed by atoms with Crippen molar-refractivity contribution in [2.75, 3.05) is 36.9 Å². The highest BCUT2D eigenvalue weighted by Crippen LogP contribution is 2.21. The highest BCUT2D eigenvalue weighted by molar-refractivity contribution is 7.89. The Balaban J connectivity index is 1.67. The molecule has 2 N–H and O–H groups in total. The Morgan fingerprint density at radius 2 is 1.68 bits per heavy atom. The minimum absolute atomic E-state index is 0.239. The average Bonchev–Trinajstić information content (AvgIpc) is 2.69. The van der Waals surface area contributed by atoms with Crippen molar-refractivity contribution in [3.8, 4) is 0 Å². The van der Waals surface area contributed by atoms with E-state index in [9.17, 15) is 8.42 Å². The molecule has 2 aromatic carbocycles. The molecule has 1 saturated heterocycles. The van der Waals surface area contributed by atoms with Gasteiger partial charge in [-0.2, -0.15) is 4.31 Å². The van der Waals surface area contributed by atoms with Crippen LogP contribution in [-0.2, 0) is 14.8 Å². The molecule has 150 valence electrons. The Bertz CT molecular complexity index is 922. The predicted octanol–water partition coefficient (Wildman–Crippen LogP) is 3.64. The van der Waals surface area contributed by atoms with Gasteiger partial charge in [0.25, 0.3) is 0 Å². The number of thiocarbonyl (C=S) groups is 1. The lowest BCUT2D eigenvalue weighted by atomic mass is 10.0. The van der Waals surface area contributed by atoms with Gasteiger partial charge in [-0.15, -0.1) is 0 Å². The zero-order chi connectivity index (χ0) is 20.1. The summed E-state index contributed by atoms with van der Waals surface area (Å²) >= 11 is 5.37. The van der Waals surface area contributed by atoms with Crippen LogP contribution in [0.1, 0.15) is 25.3 Å². The first-order valence-electron chi connectivity index (χ1n) is 9.22. The summed E-state index contributed by atoms with van der Waals surface area (Å²) in [5, 5.41) is 6.58. The second kappa shape index (κ2) is 9.00. The highest BCUT2D eigenvalue weighted by atomic mass is 32.2. The van der Waals surface area contributed by atoms with Crippen LogP contribution in [-0.4, -0.2) is 44.1 Å². The molecule has 1 heterocycles. The summed E-state index contributed by atoms with van der Waals surface area (Å²) in [5.74, 6) is 0.468. The number of rotatable bonds is 5.